The van der Waals surface area contributed by atoms with Gasteiger partial charge < -0.3 is 10.1 Å². The van der Waals surface area contributed by atoms with Crippen molar-refractivity contribution in [2.45, 2.75) is 56.4 Å². The van der Waals surface area contributed by atoms with Crippen LogP contribution in [0.25, 0.3) is 22.5 Å². The van der Waals surface area contributed by atoms with Crippen LogP contribution in [0.4, 0.5) is 5.00 Å². The summed E-state index contributed by atoms with van der Waals surface area (Å²) in [5.74, 6) is -0.594. The number of amides is 1. The molecule has 4 aromatic rings. The van der Waals surface area contributed by atoms with Crippen molar-refractivity contribution in [2.24, 2.45) is 0 Å². The van der Waals surface area contributed by atoms with Gasteiger partial charge in [0.05, 0.1) is 17.4 Å². The smallest absolute Gasteiger partial charge is 0.341 e. The molecule has 1 aliphatic carbocycles. The minimum absolute atomic E-state index is 0.223. The number of hydrogen-bond acceptors (Lipinski definition) is 8. The first kappa shape index (κ1) is 27.0. The van der Waals surface area contributed by atoms with E-state index in [1.54, 1.807) is 13.8 Å². The average molecular weight is 559 g/mol. The lowest BCUT2D eigenvalue weighted by Gasteiger charge is -2.13. The van der Waals surface area contributed by atoms with Crippen LogP contribution in [-0.2, 0) is 22.4 Å². The zero-order valence-electron chi connectivity index (χ0n) is 22.0. The molecule has 0 aliphatic heterocycles. The average Bonchev–Trinajstić information content (AvgIpc) is 3.13. The normalized spacial score (nSPS) is 13.7. The van der Waals surface area contributed by atoms with Gasteiger partial charge in [-0.3, -0.25) is 4.79 Å². The van der Waals surface area contributed by atoms with Crippen LogP contribution in [0.5, 0.6) is 0 Å². The Kier molecular flexibility index (Phi) is 8.68. The largest absolute Gasteiger partial charge is 0.462 e. The van der Waals surface area contributed by atoms with E-state index in [9.17, 15) is 9.59 Å². The quantitative estimate of drug-likeness (QED) is 0.144. The van der Waals surface area contributed by atoms with Crippen LogP contribution >= 0.6 is 23.1 Å². The third-order valence-corrected chi connectivity index (χ3v) is 8.71. The number of fused-ring (bicyclic) bond motifs is 1. The fraction of sp³-hybridized carbons (Fsp3) is 0.300. The number of nitrogens with one attached hydrogen (secondary N) is 1. The van der Waals surface area contributed by atoms with Crippen molar-refractivity contribution in [3.63, 3.8) is 0 Å². The van der Waals surface area contributed by atoms with Crippen LogP contribution in [-0.4, -0.2) is 38.9 Å². The number of thiophene rings is 1. The third-order valence-electron chi connectivity index (χ3n) is 6.55. The van der Waals surface area contributed by atoms with Gasteiger partial charge in [-0.05, 0) is 45.1 Å². The number of aryl methyl sites for hydroxylation is 1. The number of aromatic nitrogens is 3. The highest BCUT2D eigenvalue weighted by Crippen LogP contribution is 2.38. The fourth-order valence-corrected chi connectivity index (χ4v) is 6.62. The van der Waals surface area contributed by atoms with Gasteiger partial charge in [-0.2, -0.15) is 0 Å². The maximum atomic E-state index is 13.3. The molecule has 1 amide bonds. The lowest BCUT2D eigenvalue weighted by atomic mass is 10.0. The van der Waals surface area contributed by atoms with Crippen LogP contribution in [0.2, 0.25) is 0 Å². The Balaban J connectivity index is 1.39. The van der Waals surface area contributed by atoms with Crippen molar-refractivity contribution in [1.29, 1.82) is 0 Å². The van der Waals surface area contributed by atoms with E-state index < -0.39 is 5.25 Å². The van der Waals surface area contributed by atoms with E-state index in [1.807, 2.05) is 60.7 Å². The summed E-state index contributed by atoms with van der Waals surface area (Å²) in [6.45, 7) is 3.89. The zero-order valence-corrected chi connectivity index (χ0v) is 23.6. The molecule has 2 heterocycles. The molecular formula is C30H30N4O3S2. The molecule has 0 fully saturated rings. The predicted molar refractivity (Wildman–Crippen MR) is 156 cm³/mol. The highest BCUT2D eigenvalue weighted by Gasteiger charge is 2.28. The number of anilines is 1. The predicted octanol–water partition coefficient (Wildman–Crippen LogP) is 6.83. The Morgan fingerprint density at radius 1 is 0.949 bits per heavy atom. The summed E-state index contributed by atoms with van der Waals surface area (Å²) in [5.41, 5.74) is 4.77. The first-order chi connectivity index (χ1) is 19.0. The van der Waals surface area contributed by atoms with E-state index in [0.717, 1.165) is 48.8 Å². The topological polar surface area (TPSA) is 94.1 Å². The van der Waals surface area contributed by atoms with Crippen molar-refractivity contribution >= 4 is 40.0 Å². The third kappa shape index (κ3) is 6.20. The van der Waals surface area contributed by atoms with Crippen molar-refractivity contribution in [1.82, 2.24) is 15.2 Å². The summed E-state index contributed by atoms with van der Waals surface area (Å²) >= 11 is 2.73. The van der Waals surface area contributed by atoms with Gasteiger partial charge in [0.1, 0.15) is 16.4 Å². The number of nitrogens with zero attached hydrogens (tertiary/aromatic N) is 3. The van der Waals surface area contributed by atoms with E-state index in [-0.39, 0.29) is 18.5 Å². The molecule has 7 nitrogen and oxygen atoms in total. The SMILES string of the molecule is CCOC(=O)c1c(NC(=O)C(C)Sc2nnc(-c3ccccc3)c(-c3ccccc3)n2)sc2c1CCCCC2. The maximum Gasteiger partial charge on any atom is 0.341 e. The molecule has 1 unspecified atom stereocenters. The summed E-state index contributed by atoms with van der Waals surface area (Å²) < 4.78 is 5.36. The molecule has 5 rings (SSSR count). The minimum atomic E-state index is -0.519. The Hall–Kier alpha value is -3.56. The molecule has 0 spiro atoms. The van der Waals surface area contributed by atoms with Gasteiger partial charge in [0.15, 0.2) is 0 Å². The number of esters is 1. The summed E-state index contributed by atoms with van der Waals surface area (Å²) in [4.78, 5) is 32.2. The standard InChI is InChI=1S/C30H30N4O3S2/c1-3-37-29(36)24-22-17-11-6-12-18-23(22)39-28(24)32-27(35)19(2)38-30-31-25(20-13-7-4-8-14-20)26(33-34-30)21-15-9-5-10-16-21/h4-5,7-10,13-16,19H,3,6,11-12,17-18H2,1-2H3,(H,32,35). The molecular weight excluding hydrogens is 528 g/mol. The molecule has 9 heteroatoms. The van der Waals surface area contributed by atoms with E-state index in [1.165, 1.54) is 28.0 Å². The number of rotatable bonds is 8. The Labute approximate surface area is 236 Å². The molecule has 1 atom stereocenters. The number of ether oxygens (including phenoxy) is 1. The van der Waals surface area contributed by atoms with E-state index in [0.29, 0.717) is 27.1 Å². The molecule has 39 heavy (non-hydrogen) atoms. The van der Waals surface area contributed by atoms with Gasteiger partial charge >= 0.3 is 5.97 Å². The Bertz CT molecular complexity index is 1460. The Morgan fingerprint density at radius 3 is 2.31 bits per heavy atom. The lowest BCUT2D eigenvalue weighted by Crippen LogP contribution is -2.23. The van der Waals surface area contributed by atoms with E-state index in [2.05, 4.69) is 15.5 Å². The molecule has 0 bridgehead atoms. The number of carbonyl (C=O) groups is 2. The van der Waals surface area contributed by atoms with Gasteiger partial charge in [0, 0.05) is 16.0 Å². The van der Waals surface area contributed by atoms with Crippen LogP contribution in [0.3, 0.4) is 0 Å². The van der Waals surface area contributed by atoms with Crippen LogP contribution < -0.4 is 5.32 Å². The second kappa shape index (κ2) is 12.5. The van der Waals surface area contributed by atoms with E-state index in [4.69, 9.17) is 9.72 Å². The second-order valence-corrected chi connectivity index (χ2v) is 11.7. The lowest BCUT2D eigenvalue weighted by molar-refractivity contribution is -0.115. The van der Waals surface area contributed by atoms with Crippen LogP contribution in [0.15, 0.2) is 65.8 Å². The first-order valence-electron chi connectivity index (χ1n) is 13.2. The molecule has 1 aliphatic rings. The first-order valence-corrected chi connectivity index (χ1v) is 14.9. The minimum Gasteiger partial charge on any atom is -0.462 e. The zero-order chi connectivity index (χ0) is 27.2. The molecule has 0 saturated heterocycles. The van der Waals surface area contributed by atoms with Gasteiger partial charge in [0.2, 0.25) is 11.1 Å². The summed E-state index contributed by atoms with van der Waals surface area (Å²) in [6, 6.07) is 19.7. The number of carbonyl (C=O) groups excluding carboxylic acids is 2. The van der Waals surface area contributed by atoms with Gasteiger partial charge in [-0.25, -0.2) is 9.78 Å². The van der Waals surface area contributed by atoms with Gasteiger partial charge in [-0.15, -0.1) is 21.5 Å². The maximum absolute atomic E-state index is 13.3. The summed E-state index contributed by atoms with van der Waals surface area (Å²) in [7, 11) is 0. The Morgan fingerprint density at radius 2 is 1.62 bits per heavy atom. The van der Waals surface area contributed by atoms with Crippen molar-refractivity contribution in [3.8, 4) is 22.5 Å². The summed E-state index contributed by atoms with van der Waals surface area (Å²) in [5, 5.41) is 12.3. The number of benzene rings is 2. The van der Waals surface area contributed by atoms with E-state index >= 15 is 0 Å². The van der Waals surface area contributed by atoms with Crippen LogP contribution in [0.1, 0.15) is 53.9 Å². The van der Waals surface area contributed by atoms with Gasteiger partial charge in [-0.1, -0.05) is 78.8 Å². The molecule has 1 N–H and O–H groups in total. The van der Waals surface area contributed by atoms with Crippen molar-refractivity contribution in [3.05, 3.63) is 76.7 Å². The fourth-order valence-electron chi connectivity index (χ4n) is 4.62. The van der Waals surface area contributed by atoms with Gasteiger partial charge in [0.25, 0.3) is 0 Å². The monoisotopic (exact) mass is 558 g/mol. The molecule has 2 aromatic carbocycles. The molecule has 0 radical (unpaired) electrons. The highest BCUT2D eigenvalue weighted by molar-refractivity contribution is 8.00. The summed E-state index contributed by atoms with van der Waals surface area (Å²) in [6.07, 6.45) is 5.00. The number of thioether (sulfide) groups is 1. The molecule has 200 valence electrons. The van der Waals surface area contributed by atoms with Crippen molar-refractivity contribution in [2.75, 3.05) is 11.9 Å². The number of hydrogen-bond donors (Lipinski definition) is 1. The second-order valence-electron chi connectivity index (χ2n) is 9.26. The van der Waals surface area contributed by atoms with Crippen LogP contribution in [0, 0.1) is 0 Å². The molecule has 0 saturated carbocycles. The van der Waals surface area contributed by atoms with Crippen molar-refractivity contribution < 1.29 is 14.3 Å². The highest BCUT2D eigenvalue weighted by atomic mass is 32.2. The molecule has 2 aromatic heterocycles.